The van der Waals surface area contributed by atoms with Crippen LogP contribution in [0.15, 0.2) is 34.7 Å². The van der Waals surface area contributed by atoms with Crippen LogP contribution in [0, 0.1) is 33.5 Å². The molecule has 1 aromatic heterocycles. The number of esters is 2. The molecule has 3 aliphatic carbocycles. The Labute approximate surface area is 197 Å². The molecular formula is C28H38O5. The lowest BCUT2D eigenvalue weighted by atomic mass is 9.37. The van der Waals surface area contributed by atoms with Crippen LogP contribution in [-0.4, -0.2) is 18.0 Å². The lowest BCUT2D eigenvalue weighted by molar-refractivity contribution is -0.212. The number of carbonyl (C=O) groups excluding carboxylic acids is 2. The first kappa shape index (κ1) is 22.7. The quantitative estimate of drug-likeness (QED) is 0.484. The van der Waals surface area contributed by atoms with Crippen molar-refractivity contribution in [3.8, 4) is 0 Å². The van der Waals surface area contributed by atoms with E-state index >= 15 is 0 Å². The summed E-state index contributed by atoms with van der Waals surface area (Å²) < 4.78 is 17.4. The van der Waals surface area contributed by atoms with Gasteiger partial charge in [-0.25, -0.2) is 4.79 Å². The number of rotatable bonds is 2. The van der Waals surface area contributed by atoms with Gasteiger partial charge in [-0.05, 0) is 66.4 Å². The molecule has 0 bridgehead atoms. The van der Waals surface area contributed by atoms with Crippen LogP contribution in [0.25, 0.3) is 0 Å². The lowest BCUT2D eigenvalue weighted by Crippen LogP contribution is -2.65. The minimum Gasteiger partial charge on any atom is -0.472 e. The van der Waals surface area contributed by atoms with Gasteiger partial charge in [0.15, 0.2) is 0 Å². The molecule has 0 radical (unpaired) electrons. The summed E-state index contributed by atoms with van der Waals surface area (Å²) in [6, 6.07) is 1.89. The number of fused-ring (bicyclic) bond motifs is 5. The van der Waals surface area contributed by atoms with Crippen molar-refractivity contribution < 1.29 is 23.5 Å². The molecule has 4 aliphatic rings. The number of hydrogen-bond donors (Lipinski definition) is 0. The maximum Gasteiger partial charge on any atom is 0.331 e. The molecule has 1 aliphatic heterocycles. The molecule has 33 heavy (non-hydrogen) atoms. The highest BCUT2D eigenvalue weighted by atomic mass is 16.6. The zero-order chi connectivity index (χ0) is 23.8. The van der Waals surface area contributed by atoms with Gasteiger partial charge in [0.1, 0.15) is 12.2 Å². The summed E-state index contributed by atoms with van der Waals surface area (Å²) >= 11 is 0. The van der Waals surface area contributed by atoms with E-state index in [1.165, 1.54) is 26.2 Å². The molecule has 1 aromatic rings. The first-order chi connectivity index (χ1) is 15.4. The van der Waals surface area contributed by atoms with Crippen LogP contribution in [-0.2, 0) is 19.1 Å². The van der Waals surface area contributed by atoms with Crippen molar-refractivity contribution in [2.45, 2.75) is 92.3 Å². The van der Waals surface area contributed by atoms with E-state index in [4.69, 9.17) is 13.9 Å². The predicted octanol–water partition coefficient (Wildman–Crippen LogP) is 6.39. The van der Waals surface area contributed by atoms with Crippen molar-refractivity contribution >= 4 is 11.9 Å². The molecule has 3 saturated carbocycles. The van der Waals surface area contributed by atoms with E-state index in [9.17, 15) is 9.59 Å². The Hall–Kier alpha value is -2.04. The molecule has 0 amide bonds. The fraction of sp³-hybridized carbons (Fsp3) is 0.714. The Bertz CT molecular complexity index is 990. The molecule has 5 rings (SSSR count). The average Bonchev–Trinajstić information content (AvgIpc) is 3.24. The number of ether oxygens (including phenoxy) is 2. The van der Waals surface area contributed by atoms with E-state index in [1.807, 2.05) is 6.07 Å². The van der Waals surface area contributed by atoms with Crippen LogP contribution in [0.3, 0.4) is 0 Å². The van der Waals surface area contributed by atoms with Crippen molar-refractivity contribution in [2.75, 3.05) is 0 Å². The fourth-order valence-electron chi connectivity index (χ4n) is 8.95. The highest BCUT2D eigenvalue weighted by Gasteiger charge is 2.68. The molecule has 180 valence electrons. The largest absolute Gasteiger partial charge is 0.472 e. The van der Waals surface area contributed by atoms with Crippen molar-refractivity contribution in [3.05, 3.63) is 35.8 Å². The zero-order valence-electron chi connectivity index (χ0n) is 20.9. The van der Waals surface area contributed by atoms with Gasteiger partial charge < -0.3 is 13.9 Å². The molecule has 5 heteroatoms. The molecular weight excluding hydrogens is 416 g/mol. The van der Waals surface area contributed by atoms with Gasteiger partial charge in [0.2, 0.25) is 0 Å². The maximum absolute atomic E-state index is 12.9. The van der Waals surface area contributed by atoms with Crippen LogP contribution in [0.4, 0.5) is 0 Å². The van der Waals surface area contributed by atoms with Crippen molar-refractivity contribution in [3.63, 3.8) is 0 Å². The third-order valence-electron chi connectivity index (χ3n) is 10.3. The Kier molecular flexibility index (Phi) is 4.98. The third-order valence-corrected chi connectivity index (χ3v) is 10.3. The molecule has 2 heterocycles. The van der Waals surface area contributed by atoms with Gasteiger partial charge in [0.05, 0.1) is 12.5 Å². The minimum atomic E-state index is -0.418. The smallest absolute Gasteiger partial charge is 0.331 e. The molecule has 2 unspecified atom stereocenters. The van der Waals surface area contributed by atoms with Gasteiger partial charge in [-0.3, -0.25) is 4.79 Å². The number of hydrogen-bond acceptors (Lipinski definition) is 5. The minimum absolute atomic E-state index is 0.141. The second-order valence-corrected chi connectivity index (χ2v) is 12.5. The molecule has 5 nitrogen and oxygen atoms in total. The van der Waals surface area contributed by atoms with Crippen molar-refractivity contribution in [1.29, 1.82) is 0 Å². The first-order valence-electron chi connectivity index (χ1n) is 12.6. The Morgan fingerprint density at radius 1 is 1.09 bits per heavy atom. The van der Waals surface area contributed by atoms with Gasteiger partial charge >= 0.3 is 11.9 Å². The maximum atomic E-state index is 12.9. The van der Waals surface area contributed by atoms with E-state index in [0.29, 0.717) is 11.8 Å². The third kappa shape index (κ3) is 3.10. The van der Waals surface area contributed by atoms with Crippen molar-refractivity contribution in [1.82, 2.24) is 0 Å². The topological polar surface area (TPSA) is 65.7 Å². The van der Waals surface area contributed by atoms with Crippen LogP contribution < -0.4 is 0 Å². The summed E-state index contributed by atoms with van der Waals surface area (Å²) in [5.41, 5.74) is 1.55. The standard InChI is InChI=1S/C28H38O5/c1-17(29)32-22-14-20-25(2,3)10-7-11-26(20,4)19-8-12-27(5)21(28(19,22)6)15-23(30)33-24(27)18-9-13-31-16-18/h9,13,15-16,19-20,22,24H,7-8,10-12,14H2,1-6H3/t19?,20?,22-,24+,26-,27-,28-/m1/s1. The summed E-state index contributed by atoms with van der Waals surface area (Å²) in [5.74, 6) is 0.262. The summed E-state index contributed by atoms with van der Waals surface area (Å²) in [6.45, 7) is 13.3. The van der Waals surface area contributed by atoms with Crippen LogP contribution >= 0.6 is 0 Å². The summed E-state index contributed by atoms with van der Waals surface area (Å²) in [7, 11) is 0. The van der Waals surface area contributed by atoms with E-state index in [1.54, 1.807) is 18.6 Å². The molecule has 0 spiro atoms. The second-order valence-electron chi connectivity index (χ2n) is 12.5. The van der Waals surface area contributed by atoms with Gasteiger partial charge in [0.25, 0.3) is 0 Å². The predicted molar refractivity (Wildman–Crippen MR) is 124 cm³/mol. The van der Waals surface area contributed by atoms with Gasteiger partial charge in [0, 0.05) is 29.4 Å². The SMILES string of the molecule is CC(=O)O[C@@H]1CC2C(C)(C)CCC[C@]2(C)C2CC[C@]3(C)C(=CC(=O)O[C@H]3c3ccoc3)[C@@]21C. The van der Waals surface area contributed by atoms with Crippen molar-refractivity contribution in [2.24, 2.45) is 33.5 Å². The number of cyclic esters (lactones) is 1. The van der Waals surface area contributed by atoms with E-state index in [0.717, 1.165) is 30.4 Å². The number of carbonyl (C=O) groups is 2. The highest BCUT2D eigenvalue weighted by Crippen LogP contribution is 2.73. The van der Waals surface area contributed by atoms with Gasteiger partial charge in [-0.2, -0.15) is 0 Å². The second kappa shape index (κ2) is 7.23. The van der Waals surface area contributed by atoms with E-state index in [-0.39, 0.29) is 34.3 Å². The summed E-state index contributed by atoms with van der Waals surface area (Å²) in [6.07, 6.45) is 10.8. The summed E-state index contributed by atoms with van der Waals surface area (Å²) in [4.78, 5) is 25.3. The Morgan fingerprint density at radius 3 is 2.52 bits per heavy atom. The van der Waals surface area contributed by atoms with E-state index in [2.05, 4.69) is 34.6 Å². The van der Waals surface area contributed by atoms with Crippen LogP contribution in [0.2, 0.25) is 0 Å². The molecule has 0 saturated heterocycles. The highest BCUT2D eigenvalue weighted by molar-refractivity contribution is 5.85. The van der Waals surface area contributed by atoms with Crippen LogP contribution in [0.1, 0.15) is 91.7 Å². The molecule has 0 aromatic carbocycles. The normalized spacial score (nSPS) is 43.9. The fourth-order valence-corrected chi connectivity index (χ4v) is 8.95. The monoisotopic (exact) mass is 454 g/mol. The lowest BCUT2D eigenvalue weighted by Gasteiger charge is -2.68. The molecule has 3 fully saturated rings. The summed E-state index contributed by atoms with van der Waals surface area (Å²) in [5, 5.41) is 0. The molecule has 0 N–H and O–H groups in total. The van der Waals surface area contributed by atoms with Crippen LogP contribution in [0.5, 0.6) is 0 Å². The van der Waals surface area contributed by atoms with Gasteiger partial charge in [-0.1, -0.05) is 41.0 Å². The first-order valence-corrected chi connectivity index (χ1v) is 12.6. The molecule has 7 atom stereocenters. The van der Waals surface area contributed by atoms with Gasteiger partial charge in [-0.15, -0.1) is 0 Å². The Morgan fingerprint density at radius 2 is 1.85 bits per heavy atom. The zero-order valence-corrected chi connectivity index (χ0v) is 20.9. The Balaban J connectivity index is 1.67. The van der Waals surface area contributed by atoms with E-state index < -0.39 is 11.5 Å². The number of furan rings is 1. The average molecular weight is 455 g/mol.